The Bertz CT molecular complexity index is 532. The van der Waals surface area contributed by atoms with Crippen molar-refractivity contribution >= 4 is 17.3 Å². The Morgan fingerprint density at radius 2 is 2.00 bits per heavy atom. The van der Waals surface area contributed by atoms with E-state index in [1.54, 1.807) is 5.01 Å². The molecule has 1 fully saturated rings. The van der Waals surface area contributed by atoms with Gasteiger partial charge < -0.3 is 5.73 Å². The molecule has 1 aromatic rings. The molecule has 0 aromatic heterocycles. The minimum absolute atomic E-state index is 0.187. The van der Waals surface area contributed by atoms with Crippen LogP contribution in [0.15, 0.2) is 47.7 Å². The van der Waals surface area contributed by atoms with Crippen LogP contribution in [0.1, 0.15) is 19.3 Å². The van der Waals surface area contributed by atoms with Crippen molar-refractivity contribution in [3.8, 4) is 0 Å². The second-order valence-corrected chi connectivity index (χ2v) is 5.05. The average molecular weight is 255 g/mol. The van der Waals surface area contributed by atoms with Gasteiger partial charge in [-0.2, -0.15) is 5.10 Å². The fraction of sp³-hybridized carbons (Fsp3) is 0.333. The van der Waals surface area contributed by atoms with Crippen molar-refractivity contribution in [3.63, 3.8) is 0 Å². The third kappa shape index (κ3) is 2.26. The Morgan fingerprint density at radius 3 is 2.58 bits per heavy atom. The van der Waals surface area contributed by atoms with E-state index in [2.05, 4.69) is 5.10 Å². The van der Waals surface area contributed by atoms with Crippen LogP contribution in [0.4, 0.5) is 5.69 Å². The molecule has 0 radical (unpaired) electrons. The molecule has 2 aliphatic rings. The van der Waals surface area contributed by atoms with Crippen LogP contribution >= 0.6 is 0 Å². The van der Waals surface area contributed by atoms with Gasteiger partial charge in [0.15, 0.2) is 0 Å². The molecule has 98 valence electrons. The van der Waals surface area contributed by atoms with Crippen molar-refractivity contribution < 1.29 is 4.79 Å². The molecule has 0 amide bonds. The minimum atomic E-state index is -0.342. The number of hydrogen-bond donors (Lipinski definition) is 1. The lowest BCUT2D eigenvalue weighted by molar-refractivity contribution is -0.126. The van der Waals surface area contributed by atoms with Crippen LogP contribution in [-0.2, 0) is 4.79 Å². The van der Waals surface area contributed by atoms with Crippen LogP contribution in [0.5, 0.6) is 0 Å². The first kappa shape index (κ1) is 12.0. The Kier molecular flexibility index (Phi) is 3.07. The Hall–Kier alpha value is -2.10. The second-order valence-electron chi connectivity index (χ2n) is 5.05. The second kappa shape index (κ2) is 4.88. The predicted octanol–water partition coefficient (Wildman–Crippen LogP) is 2.28. The summed E-state index contributed by atoms with van der Waals surface area (Å²) in [4.78, 5) is 12.2. The molecule has 0 spiro atoms. The number of hydrogen-bond acceptors (Lipinski definition) is 4. The number of rotatable bonds is 3. The van der Waals surface area contributed by atoms with E-state index in [0.717, 1.165) is 24.9 Å². The van der Waals surface area contributed by atoms with Gasteiger partial charge in [-0.25, -0.2) is 5.01 Å². The fourth-order valence-corrected chi connectivity index (χ4v) is 2.40. The molecule has 1 aliphatic heterocycles. The highest BCUT2D eigenvalue weighted by molar-refractivity contribution is 6.07. The Balaban J connectivity index is 1.76. The van der Waals surface area contributed by atoms with Gasteiger partial charge in [0.05, 0.1) is 11.6 Å². The highest BCUT2D eigenvalue weighted by Crippen LogP contribution is 2.31. The van der Waals surface area contributed by atoms with Gasteiger partial charge in [0, 0.05) is 12.1 Å². The van der Waals surface area contributed by atoms with Crippen LogP contribution in [0.2, 0.25) is 0 Å². The first-order valence-electron chi connectivity index (χ1n) is 6.66. The number of nitrogens with zero attached hydrogens (tertiary/aromatic N) is 2. The molecule has 0 saturated heterocycles. The van der Waals surface area contributed by atoms with Crippen molar-refractivity contribution in [2.75, 3.05) is 5.01 Å². The van der Waals surface area contributed by atoms with Crippen LogP contribution in [0.3, 0.4) is 0 Å². The standard InChI is InChI=1S/C15H17N3O/c16-15-13(14(19)11-5-4-6-11)9-10-18(17-15)12-7-2-1-3-8-12/h1-3,7-11,13H,4-6H2,(H2,16,17). The third-order valence-corrected chi connectivity index (χ3v) is 3.80. The molecule has 1 aliphatic carbocycles. The number of amidine groups is 1. The zero-order valence-electron chi connectivity index (χ0n) is 10.7. The van der Waals surface area contributed by atoms with Gasteiger partial charge in [-0.3, -0.25) is 4.79 Å². The van der Waals surface area contributed by atoms with E-state index in [-0.39, 0.29) is 17.6 Å². The van der Waals surface area contributed by atoms with Gasteiger partial charge in [-0.15, -0.1) is 0 Å². The van der Waals surface area contributed by atoms with Gasteiger partial charge in [-0.1, -0.05) is 24.6 Å². The van der Waals surface area contributed by atoms with Gasteiger partial charge >= 0.3 is 0 Å². The summed E-state index contributed by atoms with van der Waals surface area (Å²) in [6.07, 6.45) is 6.83. The fourth-order valence-electron chi connectivity index (χ4n) is 2.40. The zero-order valence-corrected chi connectivity index (χ0v) is 10.7. The molecule has 4 nitrogen and oxygen atoms in total. The SMILES string of the molecule is NC1=NN(c2ccccc2)C=CC1C(=O)C1CCC1. The number of para-hydroxylation sites is 1. The largest absolute Gasteiger partial charge is 0.385 e. The number of Topliss-reactive ketones (excluding diaryl/α,β-unsaturated/α-hetero) is 1. The number of ketones is 1. The van der Waals surface area contributed by atoms with Crippen molar-refractivity contribution in [3.05, 3.63) is 42.6 Å². The van der Waals surface area contributed by atoms with Crippen molar-refractivity contribution in [2.24, 2.45) is 22.7 Å². The van der Waals surface area contributed by atoms with Gasteiger partial charge in [0.1, 0.15) is 11.6 Å². The first-order valence-corrected chi connectivity index (χ1v) is 6.66. The van der Waals surface area contributed by atoms with Crippen molar-refractivity contribution in [2.45, 2.75) is 19.3 Å². The van der Waals surface area contributed by atoms with Crippen LogP contribution in [0, 0.1) is 11.8 Å². The van der Waals surface area contributed by atoms with Crippen LogP contribution in [0.25, 0.3) is 0 Å². The Morgan fingerprint density at radius 1 is 1.26 bits per heavy atom. The monoisotopic (exact) mass is 255 g/mol. The molecule has 1 unspecified atom stereocenters. The van der Waals surface area contributed by atoms with E-state index in [1.807, 2.05) is 42.6 Å². The summed E-state index contributed by atoms with van der Waals surface area (Å²) < 4.78 is 0. The van der Waals surface area contributed by atoms with Gasteiger partial charge in [0.25, 0.3) is 0 Å². The lowest BCUT2D eigenvalue weighted by Gasteiger charge is -2.29. The third-order valence-electron chi connectivity index (χ3n) is 3.80. The number of anilines is 1. The quantitative estimate of drug-likeness (QED) is 0.901. The van der Waals surface area contributed by atoms with E-state index in [4.69, 9.17) is 5.73 Å². The number of benzene rings is 1. The van der Waals surface area contributed by atoms with E-state index >= 15 is 0 Å². The molecule has 4 heteroatoms. The topological polar surface area (TPSA) is 58.7 Å². The van der Waals surface area contributed by atoms with E-state index in [9.17, 15) is 4.79 Å². The first-order chi connectivity index (χ1) is 9.25. The van der Waals surface area contributed by atoms with Crippen LogP contribution in [-0.4, -0.2) is 11.6 Å². The summed E-state index contributed by atoms with van der Waals surface area (Å²) >= 11 is 0. The summed E-state index contributed by atoms with van der Waals surface area (Å²) in [5.41, 5.74) is 6.90. The molecule has 3 rings (SSSR count). The van der Waals surface area contributed by atoms with Crippen LogP contribution < -0.4 is 10.7 Å². The summed E-state index contributed by atoms with van der Waals surface area (Å²) in [5, 5.41) is 6.02. The molecule has 1 heterocycles. The lowest BCUT2D eigenvalue weighted by atomic mass is 9.77. The highest BCUT2D eigenvalue weighted by atomic mass is 16.1. The molecule has 19 heavy (non-hydrogen) atoms. The summed E-state index contributed by atoms with van der Waals surface area (Å²) in [6.45, 7) is 0. The molecule has 0 bridgehead atoms. The minimum Gasteiger partial charge on any atom is -0.385 e. The van der Waals surface area contributed by atoms with E-state index < -0.39 is 0 Å². The van der Waals surface area contributed by atoms with E-state index in [0.29, 0.717) is 5.84 Å². The average Bonchev–Trinajstić information content (AvgIpc) is 2.37. The molecule has 2 N–H and O–H groups in total. The molecule has 1 saturated carbocycles. The van der Waals surface area contributed by atoms with Gasteiger partial charge in [-0.05, 0) is 31.1 Å². The lowest BCUT2D eigenvalue weighted by Crippen LogP contribution is -2.39. The van der Waals surface area contributed by atoms with Crippen molar-refractivity contribution in [1.82, 2.24) is 0 Å². The summed E-state index contributed by atoms with van der Waals surface area (Å²) in [5.74, 6) is 0.455. The van der Waals surface area contributed by atoms with E-state index in [1.165, 1.54) is 0 Å². The summed E-state index contributed by atoms with van der Waals surface area (Å²) in [7, 11) is 0. The zero-order chi connectivity index (χ0) is 13.2. The number of carbonyl (C=O) groups is 1. The predicted molar refractivity (Wildman–Crippen MR) is 75.5 cm³/mol. The normalized spacial score (nSPS) is 22.8. The smallest absolute Gasteiger partial charge is 0.150 e. The molecular weight excluding hydrogens is 238 g/mol. The maximum atomic E-state index is 12.2. The van der Waals surface area contributed by atoms with Gasteiger partial charge in [0.2, 0.25) is 0 Å². The number of nitrogens with two attached hydrogens (primary N) is 1. The maximum Gasteiger partial charge on any atom is 0.150 e. The molecular formula is C15H17N3O. The molecule has 1 aromatic carbocycles. The maximum absolute atomic E-state index is 12.2. The summed E-state index contributed by atoms with van der Waals surface area (Å²) in [6, 6.07) is 9.75. The number of hydrazone groups is 1. The molecule has 1 atom stereocenters. The van der Waals surface area contributed by atoms with Crippen molar-refractivity contribution in [1.29, 1.82) is 0 Å². The number of carbonyl (C=O) groups excluding carboxylic acids is 1. The highest BCUT2D eigenvalue weighted by Gasteiger charge is 2.33. The Labute approximate surface area is 112 Å².